The van der Waals surface area contributed by atoms with Crippen molar-refractivity contribution in [1.29, 1.82) is 0 Å². The lowest BCUT2D eigenvalue weighted by molar-refractivity contribution is 0.0953. The van der Waals surface area contributed by atoms with Crippen LogP contribution in [-0.4, -0.2) is 25.5 Å². The third kappa shape index (κ3) is 4.68. The molecule has 0 aliphatic heterocycles. The van der Waals surface area contributed by atoms with Gasteiger partial charge in [-0.25, -0.2) is 0 Å². The van der Waals surface area contributed by atoms with Crippen molar-refractivity contribution in [2.75, 3.05) is 19.6 Å². The molecule has 0 aromatic heterocycles. The van der Waals surface area contributed by atoms with Crippen LogP contribution >= 0.6 is 12.6 Å². The lowest BCUT2D eigenvalue weighted by Gasteiger charge is -2.05. The Morgan fingerprint density at radius 2 is 2.19 bits per heavy atom. The lowest BCUT2D eigenvalue weighted by Crippen LogP contribution is -2.27. The largest absolute Gasteiger partial charge is 0.352 e. The van der Waals surface area contributed by atoms with Crippen molar-refractivity contribution in [2.45, 2.75) is 18.2 Å². The molecule has 0 unspecified atom stereocenters. The van der Waals surface area contributed by atoms with Crippen molar-refractivity contribution in [3.05, 3.63) is 29.8 Å². The van der Waals surface area contributed by atoms with E-state index < -0.39 is 0 Å². The first-order chi connectivity index (χ1) is 7.74. The van der Waals surface area contributed by atoms with Crippen LogP contribution in [-0.2, 0) is 0 Å². The van der Waals surface area contributed by atoms with Gasteiger partial charge in [0.2, 0.25) is 0 Å². The highest BCUT2D eigenvalue weighted by atomic mass is 32.1. The van der Waals surface area contributed by atoms with Crippen molar-refractivity contribution < 1.29 is 4.79 Å². The molecule has 0 spiro atoms. The third-order valence-corrected chi connectivity index (χ3v) is 2.45. The predicted octanol–water partition coefficient (Wildman–Crippen LogP) is 1.70. The van der Waals surface area contributed by atoms with Gasteiger partial charge < -0.3 is 10.6 Å². The number of rotatable bonds is 6. The fourth-order valence-corrected chi connectivity index (χ4v) is 1.57. The van der Waals surface area contributed by atoms with Crippen molar-refractivity contribution in [3.63, 3.8) is 0 Å². The van der Waals surface area contributed by atoms with Crippen LogP contribution in [0.15, 0.2) is 29.2 Å². The average molecular weight is 238 g/mol. The van der Waals surface area contributed by atoms with Gasteiger partial charge in [0.1, 0.15) is 0 Å². The van der Waals surface area contributed by atoms with E-state index in [4.69, 9.17) is 0 Å². The zero-order valence-electron chi connectivity index (χ0n) is 9.49. The number of benzene rings is 1. The fourth-order valence-electron chi connectivity index (χ4n) is 1.34. The molecule has 0 aliphatic rings. The van der Waals surface area contributed by atoms with Gasteiger partial charge in [-0.3, -0.25) is 4.79 Å². The number of thiol groups is 1. The van der Waals surface area contributed by atoms with Gasteiger partial charge in [0.05, 0.1) is 0 Å². The van der Waals surface area contributed by atoms with Crippen LogP contribution in [0.2, 0.25) is 0 Å². The molecular formula is C12H18N2OS. The second-order valence-corrected chi connectivity index (χ2v) is 4.03. The van der Waals surface area contributed by atoms with E-state index in [1.54, 1.807) is 12.1 Å². The van der Waals surface area contributed by atoms with E-state index in [0.29, 0.717) is 12.1 Å². The maximum Gasteiger partial charge on any atom is 0.251 e. The first-order valence-corrected chi connectivity index (χ1v) is 5.96. The van der Waals surface area contributed by atoms with Crippen LogP contribution in [0.25, 0.3) is 0 Å². The van der Waals surface area contributed by atoms with Crippen molar-refractivity contribution in [1.82, 2.24) is 10.6 Å². The van der Waals surface area contributed by atoms with E-state index in [1.165, 1.54) is 0 Å². The van der Waals surface area contributed by atoms with Crippen LogP contribution in [0.4, 0.5) is 0 Å². The average Bonchev–Trinajstić information content (AvgIpc) is 2.28. The summed E-state index contributed by atoms with van der Waals surface area (Å²) in [6.45, 7) is 4.67. The summed E-state index contributed by atoms with van der Waals surface area (Å²) in [5.41, 5.74) is 0.663. The summed E-state index contributed by atoms with van der Waals surface area (Å²) in [4.78, 5) is 12.5. The second-order valence-electron chi connectivity index (χ2n) is 3.51. The van der Waals surface area contributed by atoms with E-state index >= 15 is 0 Å². The highest BCUT2D eigenvalue weighted by Gasteiger charge is 2.03. The molecule has 4 heteroatoms. The molecule has 16 heavy (non-hydrogen) atoms. The first-order valence-electron chi connectivity index (χ1n) is 5.52. The van der Waals surface area contributed by atoms with Crippen LogP contribution in [0.1, 0.15) is 23.7 Å². The van der Waals surface area contributed by atoms with Gasteiger partial charge in [0, 0.05) is 17.0 Å². The number of hydrogen-bond donors (Lipinski definition) is 3. The van der Waals surface area contributed by atoms with Gasteiger partial charge in [-0.15, -0.1) is 12.6 Å². The summed E-state index contributed by atoms with van der Waals surface area (Å²) in [5, 5.41) is 6.08. The molecule has 0 saturated carbocycles. The quantitative estimate of drug-likeness (QED) is 0.521. The summed E-state index contributed by atoms with van der Waals surface area (Å²) in [6, 6.07) is 7.24. The highest BCUT2D eigenvalue weighted by molar-refractivity contribution is 7.80. The van der Waals surface area contributed by atoms with Gasteiger partial charge in [0.15, 0.2) is 0 Å². The topological polar surface area (TPSA) is 41.1 Å². The Bertz CT molecular complexity index is 342. The van der Waals surface area contributed by atoms with Gasteiger partial charge in [-0.1, -0.05) is 13.0 Å². The summed E-state index contributed by atoms with van der Waals surface area (Å²) in [7, 11) is 0. The number of carbonyl (C=O) groups excluding carboxylic acids is 1. The SMILES string of the molecule is CCNCCCNC(=O)c1cccc(S)c1. The van der Waals surface area contributed by atoms with Crippen molar-refractivity contribution >= 4 is 18.5 Å². The van der Waals surface area contributed by atoms with Crippen LogP contribution in [0.5, 0.6) is 0 Å². The standard InChI is InChI=1S/C12H18N2OS/c1-2-13-7-4-8-14-12(15)10-5-3-6-11(16)9-10/h3,5-6,9,13,16H,2,4,7-8H2,1H3,(H,14,15). The maximum absolute atomic E-state index is 11.7. The molecule has 0 aliphatic carbocycles. The van der Waals surface area contributed by atoms with E-state index in [9.17, 15) is 4.79 Å². The molecule has 0 heterocycles. The van der Waals surface area contributed by atoms with Crippen LogP contribution in [0.3, 0.4) is 0 Å². The molecule has 1 aromatic rings. The molecule has 0 fully saturated rings. The smallest absolute Gasteiger partial charge is 0.251 e. The Labute approximate surface area is 102 Å². The molecule has 1 aromatic carbocycles. The lowest BCUT2D eigenvalue weighted by atomic mass is 10.2. The number of amides is 1. The van der Waals surface area contributed by atoms with Crippen molar-refractivity contribution in [2.24, 2.45) is 0 Å². The highest BCUT2D eigenvalue weighted by Crippen LogP contribution is 2.08. The van der Waals surface area contributed by atoms with Crippen LogP contribution in [0, 0.1) is 0 Å². The van der Waals surface area contributed by atoms with E-state index in [-0.39, 0.29) is 5.91 Å². The van der Waals surface area contributed by atoms with E-state index in [0.717, 1.165) is 24.4 Å². The monoisotopic (exact) mass is 238 g/mol. The Morgan fingerprint density at radius 1 is 1.38 bits per heavy atom. The van der Waals surface area contributed by atoms with E-state index in [1.807, 2.05) is 12.1 Å². The summed E-state index contributed by atoms with van der Waals surface area (Å²) in [5.74, 6) is -0.0348. The van der Waals surface area contributed by atoms with Crippen molar-refractivity contribution in [3.8, 4) is 0 Å². The van der Waals surface area contributed by atoms with Crippen LogP contribution < -0.4 is 10.6 Å². The normalized spacial score (nSPS) is 10.1. The summed E-state index contributed by atoms with van der Waals surface area (Å²) >= 11 is 4.20. The second kappa shape index (κ2) is 7.30. The molecule has 0 saturated heterocycles. The Balaban J connectivity index is 2.30. The van der Waals surface area contributed by atoms with Gasteiger partial charge in [-0.05, 0) is 37.7 Å². The molecule has 1 rings (SSSR count). The fraction of sp³-hybridized carbons (Fsp3) is 0.417. The molecule has 3 nitrogen and oxygen atoms in total. The number of carbonyl (C=O) groups is 1. The first kappa shape index (κ1) is 13.1. The molecular weight excluding hydrogens is 220 g/mol. The molecule has 0 bridgehead atoms. The van der Waals surface area contributed by atoms with E-state index in [2.05, 4.69) is 30.2 Å². The summed E-state index contributed by atoms with van der Waals surface area (Å²) < 4.78 is 0. The Hall–Kier alpha value is -1.00. The Morgan fingerprint density at radius 3 is 2.88 bits per heavy atom. The zero-order chi connectivity index (χ0) is 11.8. The molecule has 2 N–H and O–H groups in total. The Kier molecular flexibility index (Phi) is 5.96. The van der Waals surface area contributed by atoms with Gasteiger partial charge in [-0.2, -0.15) is 0 Å². The van der Waals surface area contributed by atoms with Gasteiger partial charge in [0.25, 0.3) is 5.91 Å². The molecule has 88 valence electrons. The minimum absolute atomic E-state index is 0.0348. The number of hydrogen-bond acceptors (Lipinski definition) is 3. The zero-order valence-corrected chi connectivity index (χ0v) is 10.4. The number of nitrogens with one attached hydrogen (secondary N) is 2. The predicted molar refractivity (Wildman–Crippen MR) is 69.2 cm³/mol. The molecule has 1 amide bonds. The third-order valence-electron chi connectivity index (χ3n) is 2.17. The molecule has 0 radical (unpaired) electrons. The summed E-state index contributed by atoms with van der Waals surface area (Å²) in [6.07, 6.45) is 0.945. The minimum atomic E-state index is -0.0348. The minimum Gasteiger partial charge on any atom is -0.352 e. The maximum atomic E-state index is 11.7. The van der Waals surface area contributed by atoms with Gasteiger partial charge >= 0.3 is 0 Å². The molecule has 0 atom stereocenters.